The van der Waals surface area contributed by atoms with E-state index in [1.54, 1.807) is 17.4 Å². The highest BCUT2D eigenvalue weighted by atomic mass is 32.1. The molecule has 0 saturated heterocycles. The van der Waals surface area contributed by atoms with Crippen molar-refractivity contribution in [3.63, 3.8) is 0 Å². The van der Waals surface area contributed by atoms with Crippen molar-refractivity contribution < 1.29 is 4.79 Å². The Labute approximate surface area is 136 Å². The number of nitrogens with one attached hydrogen (secondary N) is 1. The maximum atomic E-state index is 12.2. The van der Waals surface area contributed by atoms with E-state index in [1.165, 1.54) is 10.8 Å². The van der Waals surface area contributed by atoms with Gasteiger partial charge in [0.25, 0.3) is 5.56 Å². The van der Waals surface area contributed by atoms with E-state index in [2.05, 4.69) is 15.3 Å². The van der Waals surface area contributed by atoms with Gasteiger partial charge in [0.1, 0.15) is 11.6 Å². The van der Waals surface area contributed by atoms with Crippen LogP contribution in [0.1, 0.15) is 15.6 Å². The molecule has 2 heterocycles. The largest absolute Gasteiger partial charge is 0.348 e. The van der Waals surface area contributed by atoms with Crippen LogP contribution in [0, 0.1) is 13.8 Å². The van der Waals surface area contributed by atoms with Crippen LogP contribution in [-0.4, -0.2) is 20.4 Å². The van der Waals surface area contributed by atoms with Crippen molar-refractivity contribution in [2.24, 2.45) is 0 Å². The highest BCUT2D eigenvalue weighted by Gasteiger charge is 2.10. The van der Waals surface area contributed by atoms with E-state index < -0.39 is 0 Å². The van der Waals surface area contributed by atoms with Crippen LogP contribution in [0.2, 0.25) is 0 Å². The molecule has 0 unspecified atom stereocenters. The third-order valence-corrected chi connectivity index (χ3v) is 4.64. The Bertz CT molecular complexity index is 910. The Hall–Kier alpha value is -2.54. The average Bonchev–Trinajstić information content (AvgIpc) is 2.87. The highest BCUT2D eigenvalue weighted by molar-refractivity contribution is 7.11. The van der Waals surface area contributed by atoms with Gasteiger partial charge in [-0.2, -0.15) is 0 Å². The predicted octanol–water partition coefficient (Wildman–Crippen LogP) is 1.79. The van der Waals surface area contributed by atoms with Crippen LogP contribution in [-0.2, 0) is 17.9 Å². The molecule has 7 heteroatoms. The van der Waals surface area contributed by atoms with Crippen molar-refractivity contribution in [1.82, 2.24) is 19.9 Å². The van der Waals surface area contributed by atoms with Crippen molar-refractivity contribution >= 4 is 28.3 Å². The van der Waals surface area contributed by atoms with Gasteiger partial charge in [-0.15, -0.1) is 11.3 Å². The molecule has 0 radical (unpaired) electrons. The number of carbonyl (C=O) groups is 1. The van der Waals surface area contributed by atoms with Crippen LogP contribution in [0.4, 0.5) is 0 Å². The Morgan fingerprint density at radius 3 is 2.83 bits per heavy atom. The summed E-state index contributed by atoms with van der Waals surface area (Å²) in [5, 5.41) is 3.67. The lowest BCUT2D eigenvalue weighted by Gasteiger charge is -2.09. The van der Waals surface area contributed by atoms with E-state index >= 15 is 0 Å². The maximum Gasteiger partial charge on any atom is 0.269 e. The molecule has 0 bridgehead atoms. The second-order valence-electron chi connectivity index (χ2n) is 5.20. The molecule has 0 saturated carbocycles. The second-order valence-corrected chi connectivity index (χ2v) is 6.48. The molecule has 0 aliphatic rings. The van der Waals surface area contributed by atoms with Gasteiger partial charge in [0, 0.05) is 4.88 Å². The number of aromatic nitrogens is 3. The summed E-state index contributed by atoms with van der Waals surface area (Å²) in [6.07, 6.45) is 1.24. The van der Waals surface area contributed by atoms with Gasteiger partial charge in [-0.25, -0.2) is 9.97 Å². The average molecular weight is 328 g/mol. The minimum absolute atomic E-state index is 0.0365. The fourth-order valence-corrected chi connectivity index (χ4v) is 3.14. The summed E-state index contributed by atoms with van der Waals surface area (Å²) in [7, 11) is 0. The molecule has 1 N–H and O–H groups in total. The number of para-hydroxylation sites is 2. The topological polar surface area (TPSA) is 76.9 Å². The molecular formula is C16H16N4O2S. The molecule has 6 nitrogen and oxygen atoms in total. The lowest BCUT2D eigenvalue weighted by Crippen LogP contribution is -2.32. The van der Waals surface area contributed by atoms with E-state index in [4.69, 9.17) is 0 Å². The van der Waals surface area contributed by atoms with E-state index in [0.29, 0.717) is 17.6 Å². The summed E-state index contributed by atoms with van der Waals surface area (Å²) >= 11 is 1.56. The number of thiazole rings is 1. The van der Waals surface area contributed by atoms with E-state index in [-0.39, 0.29) is 18.0 Å². The van der Waals surface area contributed by atoms with Gasteiger partial charge >= 0.3 is 0 Å². The molecule has 0 fully saturated rings. The first kappa shape index (κ1) is 15.4. The third-order valence-electron chi connectivity index (χ3n) is 3.56. The molecule has 1 aromatic carbocycles. The Kier molecular flexibility index (Phi) is 4.20. The fraction of sp³-hybridized carbons (Fsp3) is 0.250. The molecule has 0 spiro atoms. The van der Waals surface area contributed by atoms with Gasteiger partial charge in [0.05, 0.1) is 29.5 Å². The number of carbonyl (C=O) groups excluding carboxylic acids is 1. The zero-order valence-electron chi connectivity index (χ0n) is 12.9. The number of fused-ring (bicyclic) bond motifs is 1. The van der Waals surface area contributed by atoms with Crippen LogP contribution < -0.4 is 10.9 Å². The summed E-state index contributed by atoms with van der Waals surface area (Å²) in [5.41, 5.74) is 2.03. The molecular weight excluding hydrogens is 312 g/mol. The Morgan fingerprint density at radius 1 is 1.30 bits per heavy atom. The van der Waals surface area contributed by atoms with Gasteiger partial charge in [0.2, 0.25) is 5.91 Å². The quantitative estimate of drug-likeness (QED) is 0.792. The molecule has 118 valence electrons. The summed E-state index contributed by atoms with van der Waals surface area (Å²) in [6.45, 7) is 4.28. The zero-order chi connectivity index (χ0) is 16.4. The van der Waals surface area contributed by atoms with E-state index in [9.17, 15) is 9.59 Å². The van der Waals surface area contributed by atoms with Crippen LogP contribution in [0.15, 0.2) is 35.3 Å². The number of hydrogen-bond acceptors (Lipinski definition) is 5. The minimum atomic E-state index is -0.292. The number of aryl methyl sites for hydroxylation is 2. The monoisotopic (exact) mass is 328 g/mol. The molecule has 1 amide bonds. The number of rotatable bonds is 4. The van der Waals surface area contributed by atoms with Crippen LogP contribution in [0.5, 0.6) is 0 Å². The summed E-state index contributed by atoms with van der Waals surface area (Å²) in [4.78, 5) is 33.8. The van der Waals surface area contributed by atoms with Gasteiger partial charge in [0.15, 0.2) is 0 Å². The lowest BCUT2D eigenvalue weighted by molar-refractivity contribution is -0.121. The summed E-state index contributed by atoms with van der Waals surface area (Å²) < 4.78 is 1.43. The van der Waals surface area contributed by atoms with Crippen molar-refractivity contribution in [3.05, 3.63) is 56.4 Å². The number of hydrogen-bond donors (Lipinski definition) is 1. The normalized spacial score (nSPS) is 10.9. The summed E-state index contributed by atoms with van der Waals surface area (Å²) in [6, 6.07) is 7.26. The Balaban J connectivity index is 1.75. The zero-order valence-corrected chi connectivity index (χ0v) is 13.7. The second kappa shape index (κ2) is 6.29. The SMILES string of the molecule is Cc1nc(CNC(=O)Cn2c(=O)cnc3ccccc32)sc1C. The molecule has 23 heavy (non-hydrogen) atoms. The number of benzene rings is 1. The summed E-state index contributed by atoms with van der Waals surface area (Å²) in [5.74, 6) is -0.228. The first-order valence-corrected chi connectivity index (χ1v) is 8.00. The van der Waals surface area contributed by atoms with Crippen LogP contribution in [0.25, 0.3) is 11.0 Å². The van der Waals surface area contributed by atoms with Gasteiger partial charge in [-0.3, -0.25) is 14.2 Å². The standard InChI is InChI=1S/C16H16N4O2S/c1-10-11(2)23-15(19-10)7-18-14(21)9-20-13-6-4-3-5-12(13)17-8-16(20)22/h3-6,8H,7,9H2,1-2H3,(H,18,21). The first-order chi connectivity index (χ1) is 11.0. The van der Waals surface area contributed by atoms with Crippen LogP contribution >= 0.6 is 11.3 Å². The van der Waals surface area contributed by atoms with Crippen LogP contribution in [0.3, 0.4) is 0 Å². The molecule has 0 aliphatic carbocycles. The third kappa shape index (κ3) is 3.29. The molecule has 3 rings (SSSR count). The van der Waals surface area contributed by atoms with Gasteiger partial charge in [-0.1, -0.05) is 12.1 Å². The molecule has 3 aromatic rings. The first-order valence-electron chi connectivity index (χ1n) is 7.19. The van der Waals surface area contributed by atoms with Gasteiger partial charge in [-0.05, 0) is 26.0 Å². The smallest absolute Gasteiger partial charge is 0.269 e. The van der Waals surface area contributed by atoms with Crippen molar-refractivity contribution in [2.45, 2.75) is 26.9 Å². The van der Waals surface area contributed by atoms with Crippen molar-refractivity contribution in [3.8, 4) is 0 Å². The number of amides is 1. The van der Waals surface area contributed by atoms with E-state index in [1.807, 2.05) is 32.0 Å². The lowest BCUT2D eigenvalue weighted by atomic mass is 10.3. The van der Waals surface area contributed by atoms with E-state index in [0.717, 1.165) is 15.6 Å². The number of nitrogens with zero attached hydrogens (tertiary/aromatic N) is 3. The molecule has 0 atom stereocenters. The van der Waals surface area contributed by atoms with Crippen molar-refractivity contribution in [2.75, 3.05) is 0 Å². The maximum absolute atomic E-state index is 12.2. The predicted molar refractivity (Wildman–Crippen MR) is 89.4 cm³/mol. The fourth-order valence-electron chi connectivity index (χ4n) is 2.27. The molecule has 0 aliphatic heterocycles. The van der Waals surface area contributed by atoms with Gasteiger partial charge < -0.3 is 5.32 Å². The minimum Gasteiger partial charge on any atom is -0.348 e. The highest BCUT2D eigenvalue weighted by Crippen LogP contribution is 2.16. The Morgan fingerprint density at radius 2 is 2.09 bits per heavy atom. The van der Waals surface area contributed by atoms with Crippen molar-refractivity contribution in [1.29, 1.82) is 0 Å². The molecule has 2 aromatic heterocycles.